The van der Waals surface area contributed by atoms with Crippen molar-refractivity contribution in [3.05, 3.63) is 35.6 Å². The van der Waals surface area contributed by atoms with Crippen molar-refractivity contribution in [2.75, 3.05) is 6.54 Å². The predicted octanol–water partition coefficient (Wildman–Crippen LogP) is 2.57. The number of nitrogens with zero attached hydrogens (tertiary/aromatic N) is 1. The van der Waals surface area contributed by atoms with Crippen molar-refractivity contribution in [2.45, 2.75) is 32.1 Å². The zero-order chi connectivity index (χ0) is 13.7. The van der Waals surface area contributed by atoms with Gasteiger partial charge in [0.15, 0.2) is 0 Å². The molecule has 2 rings (SSSR count). The maximum Gasteiger partial charge on any atom is 0.240 e. The molecule has 1 amide bonds. The zero-order valence-corrected chi connectivity index (χ0v) is 10.8. The summed E-state index contributed by atoms with van der Waals surface area (Å²) in [4.78, 5) is 12.0. The van der Waals surface area contributed by atoms with Crippen LogP contribution in [0.3, 0.4) is 0 Å². The number of rotatable bonds is 4. The Labute approximate surface area is 112 Å². The fourth-order valence-corrected chi connectivity index (χ4v) is 2.55. The molecule has 1 fully saturated rings. The molecule has 0 heterocycles. The molecular formula is C15H17FN2O. The Morgan fingerprint density at radius 3 is 2.68 bits per heavy atom. The second-order valence-electron chi connectivity index (χ2n) is 5.00. The van der Waals surface area contributed by atoms with E-state index in [9.17, 15) is 14.4 Å². The Morgan fingerprint density at radius 2 is 2.05 bits per heavy atom. The van der Waals surface area contributed by atoms with Crippen molar-refractivity contribution in [2.24, 2.45) is 5.41 Å². The van der Waals surface area contributed by atoms with Gasteiger partial charge in [-0.15, -0.1) is 0 Å². The fourth-order valence-electron chi connectivity index (χ4n) is 2.55. The molecule has 4 heteroatoms. The molecule has 1 saturated carbocycles. The average molecular weight is 260 g/mol. The summed E-state index contributed by atoms with van der Waals surface area (Å²) in [6.07, 6.45) is 3.56. The first-order chi connectivity index (χ1) is 9.18. The van der Waals surface area contributed by atoms with Gasteiger partial charge in [-0.25, -0.2) is 4.39 Å². The molecule has 1 aromatic rings. The third-order valence-corrected chi connectivity index (χ3v) is 3.74. The minimum absolute atomic E-state index is 0.205. The van der Waals surface area contributed by atoms with Crippen molar-refractivity contribution < 1.29 is 9.18 Å². The Kier molecular flexibility index (Phi) is 4.16. The van der Waals surface area contributed by atoms with E-state index in [1.807, 2.05) is 0 Å². The molecule has 0 saturated heterocycles. The number of amides is 1. The van der Waals surface area contributed by atoms with E-state index < -0.39 is 5.41 Å². The SMILES string of the molecule is N#CC1(C(=O)NCCc2ccccc2F)CCCC1. The van der Waals surface area contributed by atoms with Crippen LogP contribution in [0.2, 0.25) is 0 Å². The van der Waals surface area contributed by atoms with E-state index in [1.54, 1.807) is 18.2 Å². The van der Waals surface area contributed by atoms with Crippen molar-refractivity contribution in [3.63, 3.8) is 0 Å². The summed E-state index contributed by atoms with van der Waals surface area (Å²) in [7, 11) is 0. The van der Waals surface area contributed by atoms with Crippen LogP contribution in [-0.4, -0.2) is 12.5 Å². The van der Waals surface area contributed by atoms with Crippen LogP contribution in [0.4, 0.5) is 4.39 Å². The van der Waals surface area contributed by atoms with Crippen LogP contribution in [0.25, 0.3) is 0 Å². The van der Waals surface area contributed by atoms with Gasteiger partial charge in [0, 0.05) is 6.54 Å². The summed E-state index contributed by atoms with van der Waals surface area (Å²) in [5.74, 6) is -0.462. The number of hydrogen-bond acceptors (Lipinski definition) is 2. The molecule has 0 bridgehead atoms. The van der Waals surface area contributed by atoms with Gasteiger partial charge < -0.3 is 5.32 Å². The van der Waals surface area contributed by atoms with E-state index in [4.69, 9.17) is 0 Å². The summed E-state index contributed by atoms with van der Waals surface area (Å²) >= 11 is 0. The molecule has 0 spiro atoms. The molecule has 0 atom stereocenters. The fraction of sp³-hybridized carbons (Fsp3) is 0.467. The molecule has 0 radical (unpaired) electrons. The maximum absolute atomic E-state index is 13.4. The molecule has 0 aromatic heterocycles. The number of nitrogens with one attached hydrogen (secondary N) is 1. The number of carbonyl (C=O) groups excluding carboxylic acids is 1. The van der Waals surface area contributed by atoms with E-state index in [1.165, 1.54) is 6.07 Å². The lowest BCUT2D eigenvalue weighted by Crippen LogP contribution is -2.39. The van der Waals surface area contributed by atoms with Crippen molar-refractivity contribution in [1.29, 1.82) is 5.26 Å². The number of halogens is 1. The molecule has 1 aromatic carbocycles. The van der Waals surface area contributed by atoms with Crippen LogP contribution in [0.1, 0.15) is 31.2 Å². The summed E-state index contributed by atoms with van der Waals surface area (Å²) in [6.45, 7) is 0.364. The number of benzene rings is 1. The predicted molar refractivity (Wildman–Crippen MR) is 69.6 cm³/mol. The van der Waals surface area contributed by atoms with Crippen LogP contribution >= 0.6 is 0 Å². The normalized spacial score (nSPS) is 16.8. The van der Waals surface area contributed by atoms with Gasteiger partial charge in [-0.2, -0.15) is 5.26 Å². The van der Waals surface area contributed by atoms with Gasteiger partial charge in [0.2, 0.25) is 5.91 Å². The first-order valence-corrected chi connectivity index (χ1v) is 6.61. The zero-order valence-electron chi connectivity index (χ0n) is 10.8. The van der Waals surface area contributed by atoms with Crippen LogP contribution in [0, 0.1) is 22.6 Å². The monoisotopic (exact) mass is 260 g/mol. The highest BCUT2D eigenvalue weighted by atomic mass is 19.1. The molecule has 0 aliphatic heterocycles. The van der Waals surface area contributed by atoms with Gasteiger partial charge in [0.25, 0.3) is 0 Å². The molecule has 1 aliphatic rings. The summed E-state index contributed by atoms with van der Waals surface area (Å²) in [6, 6.07) is 8.68. The standard InChI is InChI=1S/C15H17FN2O/c16-13-6-2-1-5-12(13)7-10-18-14(19)15(11-17)8-3-4-9-15/h1-2,5-6H,3-4,7-10H2,(H,18,19). The lowest BCUT2D eigenvalue weighted by molar-refractivity contribution is -0.127. The van der Waals surface area contributed by atoms with Crippen LogP contribution < -0.4 is 5.32 Å². The van der Waals surface area contributed by atoms with Gasteiger partial charge in [-0.1, -0.05) is 31.0 Å². The number of nitriles is 1. The average Bonchev–Trinajstić information content (AvgIpc) is 2.91. The summed E-state index contributed by atoms with van der Waals surface area (Å²) < 4.78 is 13.4. The highest BCUT2D eigenvalue weighted by Gasteiger charge is 2.41. The van der Waals surface area contributed by atoms with Gasteiger partial charge in [0.05, 0.1) is 6.07 Å². The van der Waals surface area contributed by atoms with E-state index in [2.05, 4.69) is 11.4 Å². The lowest BCUT2D eigenvalue weighted by atomic mass is 9.87. The molecule has 100 valence electrons. The second kappa shape index (κ2) is 5.83. The van der Waals surface area contributed by atoms with Crippen LogP contribution in [0.5, 0.6) is 0 Å². The van der Waals surface area contributed by atoms with Gasteiger partial charge in [-0.05, 0) is 30.9 Å². The van der Waals surface area contributed by atoms with Crippen molar-refractivity contribution >= 4 is 5.91 Å². The quantitative estimate of drug-likeness (QED) is 0.904. The topological polar surface area (TPSA) is 52.9 Å². The van der Waals surface area contributed by atoms with Crippen LogP contribution in [0.15, 0.2) is 24.3 Å². The largest absolute Gasteiger partial charge is 0.354 e. The Hall–Kier alpha value is -1.89. The molecule has 19 heavy (non-hydrogen) atoms. The summed E-state index contributed by atoms with van der Waals surface area (Å²) in [5, 5.41) is 11.9. The molecular weight excluding hydrogens is 243 g/mol. The van der Waals surface area contributed by atoms with E-state index in [0.29, 0.717) is 31.4 Å². The summed E-state index contributed by atoms with van der Waals surface area (Å²) in [5.41, 5.74) is -0.268. The van der Waals surface area contributed by atoms with Crippen molar-refractivity contribution in [3.8, 4) is 6.07 Å². The Bertz CT molecular complexity index is 501. The highest BCUT2D eigenvalue weighted by molar-refractivity contribution is 5.85. The lowest BCUT2D eigenvalue weighted by Gasteiger charge is -2.19. The van der Waals surface area contributed by atoms with E-state index in [-0.39, 0.29) is 11.7 Å². The minimum Gasteiger partial charge on any atom is -0.354 e. The highest BCUT2D eigenvalue weighted by Crippen LogP contribution is 2.37. The molecule has 3 nitrogen and oxygen atoms in total. The van der Waals surface area contributed by atoms with Gasteiger partial charge >= 0.3 is 0 Å². The third kappa shape index (κ3) is 2.93. The first-order valence-electron chi connectivity index (χ1n) is 6.61. The van der Waals surface area contributed by atoms with E-state index >= 15 is 0 Å². The Morgan fingerprint density at radius 1 is 1.37 bits per heavy atom. The van der Waals surface area contributed by atoms with Crippen LogP contribution in [-0.2, 0) is 11.2 Å². The number of carbonyl (C=O) groups is 1. The van der Waals surface area contributed by atoms with Crippen molar-refractivity contribution in [1.82, 2.24) is 5.32 Å². The Balaban J connectivity index is 1.88. The van der Waals surface area contributed by atoms with E-state index in [0.717, 1.165) is 12.8 Å². The molecule has 1 aliphatic carbocycles. The number of hydrogen-bond donors (Lipinski definition) is 1. The molecule has 0 unspecified atom stereocenters. The third-order valence-electron chi connectivity index (χ3n) is 3.74. The van der Waals surface area contributed by atoms with Gasteiger partial charge in [0.1, 0.15) is 11.2 Å². The molecule has 1 N–H and O–H groups in total. The second-order valence-corrected chi connectivity index (χ2v) is 5.00. The maximum atomic E-state index is 13.4. The minimum atomic E-state index is -0.852. The smallest absolute Gasteiger partial charge is 0.240 e. The first kappa shape index (κ1) is 13.5. The van der Waals surface area contributed by atoms with Gasteiger partial charge in [-0.3, -0.25) is 4.79 Å².